The molecule has 5 heteroatoms. The monoisotopic (exact) mass is 351 g/mol. The van der Waals surface area contributed by atoms with Crippen LogP contribution in [0, 0.1) is 6.92 Å². The van der Waals surface area contributed by atoms with Gasteiger partial charge in [-0.05, 0) is 49.9 Å². The van der Waals surface area contributed by atoms with Gasteiger partial charge in [-0.2, -0.15) is 0 Å². The molecule has 3 N–H and O–H groups in total. The van der Waals surface area contributed by atoms with Crippen molar-refractivity contribution < 1.29 is 0 Å². The number of rotatable bonds is 5. The van der Waals surface area contributed by atoms with Crippen LogP contribution in [0.1, 0.15) is 17.2 Å². The van der Waals surface area contributed by atoms with Crippen molar-refractivity contribution in [3.63, 3.8) is 0 Å². The van der Waals surface area contributed by atoms with Crippen molar-refractivity contribution in [1.29, 1.82) is 0 Å². The average molecular weight is 352 g/mol. The van der Waals surface area contributed by atoms with Gasteiger partial charge in [0.25, 0.3) is 0 Å². The lowest BCUT2D eigenvalue weighted by Crippen LogP contribution is -2.21. The second kappa shape index (κ2) is 7.11. The molecule has 0 aliphatic rings. The summed E-state index contributed by atoms with van der Waals surface area (Å²) in [5.74, 6) is 1.52. The number of anilines is 1. The number of aryl methyl sites for hydroxylation is 1. The van der Waals surface area contributed by atoms with E-state index >= 15 is 0 Å². The number of nitrogens with two attached hydrogens (primary N) is 1. The van der Waals surface area contributed by atoms with Crippen LogP contribution in [-0.4, -0.2) is 17.8 Å². The van der Waals surface area contributed by atoms with E-state index in [9.17, 15) is 0 Å². The fraction of sp³-hybridized carbons (Fsp3) is 0.267. The highest BCUT2D eigenvalue weighted by Gasteiger charge is 2.16. The quantitative estimate of drug-likeness (QED) is 0.804. The Balaban J connectivity index is 2.11. The summed E-state index contributed by atoms with van der Waals surface area (Å²) in [6.45, 7) is 2.07. The molecule has 0 bridgehead atoms. The van der Waals surface area contributed by atoms with Crippen LogP contribution in [0.15, 0.2) is 45.9 Å². The van der Waals surface area contributed by atoms with Gasteiger partial charge in [-0.15, -0.1) is 11.8 Å². The van der Waals surface area contributed by atoms with Crippen LogP contribution < -0.4 is 11.1 Å². The molecule has 0 aliphatic carbocycles. The van der Waals surface area contributed by atoms with E-state index in [4.69, 9.17) is 5.73 Å². The van der Waals surface area contributed by atoms with E-state index in [0.717, 1.165) is 15.8 Å². The number of nitrogen functional groups attached to an aromatic ring is 1. The summed E-state index contributed by atoms with van der Waals surface area (Å²) in [5, 5.41) is 3.33. The van der Waals surface area contributed by atoms with Crippen molar-refractivity contribution in [2.45, 2.75) is 17.9 Å². The first-order valence-electron chi connectivity index (χ1n) is 6.38. The first kappa shape index (κ1) is 15.4. The molecule has 20 heavy (non-hydrogen) atoms. The average Bonchev–Trinajstić information content (AvgIpc) is 2.44. The van der Waals surface area contributed by atoms with Crippen LogP contribution in [0.3, 0.4) is 0 Å². The molecule has 1 aromatic heterocycles. The molecule has 0 saturated carbocycles. The second-order valence-electron chi connectivity index (χ2n) is 4.53. The van der Waals surface area contributed by atoms with E-state index < -0.39 is 0 Å². The Kier molecular flexibility index (Phi) is 5.46. The highest BCUT2D eigenvalue weighted by molar-refractivity contribution is 9.10. The van der Waals surface area contributed by atoms with Crippen LogP contribution >= 0.6 is 27.7 Å². The van der Waals surface area contributed by atoms with Crippen LogP contribution in [0.25, 0.3) is 0 Å². The van der Waals surface area contributed by atoms with Crippen LogP contribution in [0.2, 0.25) is 0 Å². The van der Waals surface area contributed by atoms with Gasteiger partial charge in [-0.25, -0.2) is 4.98 Å². The van der Waals surface area contributed by atoms with Crippen molar-refractivity contribution in [3.05, 3.63) is 52.1 Å². The van der Waals surface area contributed by atoms with Gasteiger partial charge in [0.1, 0.15) is 5.82 Å². The van der Waals surface area contributed by atoms with Crippen molar-refractivity contribution in [3.8, 4) is 0 Å². The van der Waals surface area contributed by atoms with Crippen LogP contribution in [-0.2, 0) is 0 Å². The summed E-state index contributed by atoms with van der Waals surface area (Å²) < 4.78 is 1.10. The molecule has 0 amide bonds. The number of thioether (sulfide) groups is 1. The Bertz CT molecular complexity index is 552. The highest BCUT2D eigenvalue weighted by atomic mass is 79.9. The Morgan fingerprint density at radius 1 is 1.30 bits per heavy atom. The van der Waals surface area contributed by atoms with Gasteiger partial charge in [0.15, 0.2) is 0 Å². The number of hydrogen-bond acceptors (Lipinski definition) is 4. The van der Waals surface area contributed by atoms with E-state index in [0.29, 0.717) is 5.82 Å². The Morgan fingerprint density at radius 3 is 2.60 bits per heavy atom. The lowest BCUT2D eigenvalue weighted by Gasteiger charge is -2.19. The summed E-state index contributed by atoms with van der Waals surface area (Å²) in [6, 6.07) is 10.5. The molecule has 1 aromatic carbocycles. The number of nitrogens with one attached hydrogen (secondary N) is 1. The predicted molar refractivity (Wildman–Crippen MR) is 90.1 cm³/mol. The molecule has 2 aromatic rings. The first-order chi connectivity index (χ1) is 9.61. The third-order valence-electron chi connectivity index (χ3n) is 3.17. The maximum atomic E-state index is 6.02. The normalized spacial score (nSPS) is 12.3. The zero-order chi connectivity index (χ0) is 14.5. The molecule has 1 atom stereocenters. The molecule has 0 fully saturated rings. The fourth-order valence-electron chi connectivity index (χ4n) is 2.07. The summed E-state index contributed by atoms with van der Waals surface area (Å²) in [4.78, 5) is 5.44. The summed E-state index contributed by atoms with van der Waals surface area (Å²) in [6.07, 6.45) is 1.75. The summed E-state index contributed by atoms with van der Waals surface area (Å²) in [5.41, 5.74) is 8.29. The predicted octanol–water partition coefficient (Wildman–Crippen LogP) is 3.79. The summed E-state index contributed by atoms with van der Waals surface area (Å²) in [7, 11) is 1.96. The third kappa shape index (κ3) is 3.75. The van der Waals surface area contributed by atoms with Crippen molar-refractivity contribution >= 4 is 33.5 Å². The zero-order valence-electron chi connectivity index (χ0n) is 11.6. The van der Waals surface area contributed by atoms with Crippen LogP contribution in [0.4, 0.5) is 5.82 Å². The topological polar surface area (TPSA) is 50.9 Å². The smallest absolute Gasteiger partial charge is 0.128 e. The molecule has 0 spiro atoms. The minimum absolute atomic E-state index is 0.192. The molecular weight excluding hydrogens is 334 g/mol. The molecule has 0 saturated heterocycles. The van der Waals surface area contributed by atoms with Gasteiger partial charge in [0.2, 0.25) is 0 Å². The molecule has 3 nitrogen and oxygen atoms in total. The van der Waals surface area contributed by atoms with Crippen molar-refractivity contribution in [2.75, 3.05) is 18.5 Å². The molecule has 0 aliphatic heterocycles. The van der Waals surface area contributed by atoms with Crippen LogP contribution in [0.5, 0.6) is 0 Å². The third-order valence-corrected chi connectivity index (χ3v) is 4.80. The standard InChI is InChI=1S/C15H18BrN3S/c1-10-7-8-19-15(17)14(10)13(18-2)9-20-12-5-3-11(16)4-6-12/h3-8,13,18H,9H2,1-2H3,(H2,17,19). The number of halogens is 1. The zero-order valence-corrected chi connectivity index (χ0v) is 14.0. The van der Waals surface area contributed by atoms with Gasteiger partial charge in [0.05, 0.1) is 0 Å². The SMILES string of the molecule is CNC(CSc1ccc(Br)cc1)c1c(C)ccnc1N. The number of nitrogens with zero attached hydrogens (tertiary/aromatic N) is 1. The molecule has 0 radical (unpaired) electrons. The Labute approximate surface area is 132 Å². The lowest BCUT2D eigenvalue weighted by atomic mass is 10.0. The number of pyridine rings is 1. The number of aromatic nitrogens is 1. The number of benzene rings is 1. The maximum Gasteiger partial charge on any atom is 0.128 e. The fourth-order valence-corrected chi connectivity index (χ4v) is 3.35. The largest absolute Gasteiger partial charge is 0.383 e. The summed E-state index contributed by atoms with van der Waals surface area (Å²) >= 11 is 5.26. The second-order valence-corrected chi connectivity index (χ2v) is 6.54. The maximum absolute atomic E-state index is 6.02. The Hall–Kier alpha value is -1.04. The minimum Gasteiger partial charge on any atom is -0.383 e. The molecule has 106 valence electrons. The van der Waals surface area contributed by atoms with Gasteiger partial charge in [-0.1, -0.05) is 15.9 Å². The van der Waals surface area contributed by atoms with E-state index in [1.54, 1.807) is 6.20 Å². The molecule has 1 unspecified atom stereocenters. The van der Waals surface area contributed by atoms with Crippen molar-refractivity contribution in [2.24, 2.45) is 0 Å². The van der Waals surface area contributed by atoms with E-state index in [1.807, 2.05) is 24.9 Å². The van der Waals surface area contributed by atoms with Gasteiger partial charge in [0, 0.05) is 32.9 Å². The van der Waals surface area contributed by atoms with Gasteiger partial charge >= 0.3 is 0 Å². The highest BCUT2D eigenvalue weighted by Crippen LogP contribution is 2.29. The first-order valence-corrected chi connectivity index (χ1v) is 8.16. The van der Waals surface area contributed by atoms with Gasteiger partial charge < -0.3 is 11.1 Å². The number of hydrogen-bond donors (Lipinski definition) is 2. The molecule has 1 heterocycles. The molecular formula is C15H18BrN3S. The lowest BCUT2D eigenvalue weighted by molar-refractivity contribution is 0.657. The van der Waals surface area contributed by atoms with E-state index in [1.165, 1.54) is 10.5 Å². The Morgan fingerprint density at radius 2 is 2.00 bits per heavy atom. The van der Waals surface area contributed by atoms with Gasteiger partial charge in [-0.3, -0.25) is 0 Å². The van der Waals surface area contributed by atoms with E-state index in [-0.39, 0.29) is 6.04 Å². The minimum atomic E-state index is 0.192. The molecule has 2 rings (SSSR count). The van der Waals surface area contributed by atoms with Crippen molar-refractivity contribution in [1.82, 2.24) is 10.3 Å². The van der Waals surface area contributed by atoms with E-state index in [2.05, 4.69) is 57.4 Å².